The number of amides is 1. The van der Waals surface area contributed by atoms with Gasteiger partial charge in [0, 0.05) is 12.1 Å². The van der Waals surface area contributed by atoms with E-state index < -0.39 is 10.8 Å². The van der Waals surface area contributed by atoms with Gasteiger partial charge in [-0.3, -0.25) is 24.3 Å². The summed E-state index contributed by atoms with van der Waals surface area (Å²) in [6.07, 6.45) is 0. The number of rotatable bonds is 4. The number of anilines is 1. The molecule has 3 rings (SSSR count). The number of carbonyl (C=O) groups is 1. The van der Waals surface area contributed by atoms with E-state index in [0.29, 0.717) is 16.8 Å². The molecule has 0 aliphatic heterocycles. The van der Waals surface area contributed by atoms with Crippen LogP contribution in [0, 0.1) is 17.0 Å². The molecule has 0 aliphatic rings. The van der Waals surface area contributed by atoms with Crippen LogP contribution in [0.15, 0.2) is 47.3 Å². The molecule has 1 N–H and O–H groups in total. The van der Waals surface area contributed by atoms with E-state index >= 15 is 0 Å². The molecule has 0 spiro atoms. The van der Waals surface area contributed by atoms with E-state index in [4.69, 9.17) is 0 Å². The molecule has 0 saturated heterocycles. The first kappa shape index (κ1) is 15.9. The van der Waals surface area contributed by atoms with Crippen LogP contribution in [-0.4, -0.2) is 15.4 Å². The number of benzene rings is 2. The first-order chi connectivity index (χ1) is 11.5. The van der Waals surface area contributed by atoms with Crippen molar-refractivity contribution in [3.05, 3.63) is 67.8 Å². The predicted octanol–water partition coefficient (Wildman–Crippen LogP) is 2.92. The van der Waals surface area contributed by atoms with E-state index in [1.54, 1.807) is 25.1 Å². The molecule has 122 valence electrons. The molecular formula is C16H13N3O4S. The van der Waals surface area contributed by atoms with Crippen LogP contribution in [0.25, 0.3) is 10.2 Å². The highest BCUT2D eigenvalue weighted by atomic mass is 32.1. The number of nitrogens with zero attached hydrogens (tertiary/aromatic N) is 2. The van der Waals surface area contributed by atoms with Crippen molar-refractivity contribution in [3.63, 3.8) is 0 Å². The van der Waals surface area contributed by atoms with Crippen molar-refractivity contribution in [2.24, 2.45) is 0 Å². The topological polar surface area (TPSA) is 94.2 Å². The van der Waals surface area contributed by atoms with Gasteiger partial charge in [0.25, 0.3) is 5.69 Å². The van der Waals surface area contributed by atoms with Gasteiger partial charge in [-0.05, 0) is 24.6 Å². The van der Waals surface area contributed by atoms with E-state index in [1.807, 2.05) is 12.1 Å². The summed E-state index contributed by atoms with van der Waals surface area (Å²) in [4.78, 5) is 34.4. The van der Waals surface area contributed by atoms with Gasteiger partial charge in [-0.15, -0.1) is 0 Å². The van der Waals surface area contributed by atoms with Crippen molar-refractivity contribution in [1.29, 1.82) is 0 Å². The summed E-state index contributed by atoms with van der Waals surface area (Å²) < 4.78 is 2.20. The molecule has 7 nitrogen and oxygen atoms in total. The highest BCUT2D eigenvalue weighted by molar-refractivity contribution is 7.16. The Morgan fingerprint density at radius 3 is 2.79 bits per heavy atom. The number of carbonyl (C=O) groups excluding carboxylic acids is 1. The average molecular weight is 343 g/mol. The fraction of sp³-hybridized carbons (Fsp3) is 0.125. The Kier molecular flexibility index (Phi) is 4.13. The van der Waals surface area contributed by atoms with Crippen molar-refractivity contribution < 1.29 is 9.72 Å². The number of nitro benzene ring substituents is 1. The van der Waals surface area contributed by atoms with Crippen LogP contribution in [0.4, 0.5) is 11.4 Å². The minimum atomic E-state index is -0.522. The molecule has 8 heteroatoms. The second-order valence-electron chi connectivity index (χ2n) is 5.23. The first-order valence-electron chi connectivity index (χ1n) is 7.09. The number of aryl methyl sites for hydroxylation is 1. The Labute approximate surface area is 140 Å². The fourth-order valence-corrected chi connectivity index (χ4v) is 3.25. The molecule has 1 heterocycles. The maximum absolute atomic E-state index is 12.3. The lowest BCUT2D eigenvalue weighted by atomic mass is 10.2. The van der Waals surface area contributed by atoms with E-state index in [2.05, 4.69) is 5.32 Å². The third kappa shape index (κ3) is 3.04. The number of hydrogen-bond acceptors (Lipinski definition) is 5. The number of nitrogens with one attached hydrogen (secondary N) is 1. The standard InChI is InChI=1S/C16H13N3O4S/c1-10-6-7-11(19(22)23)8-12(10)17-15(20)9-18-13-4-2-3-5-14(13)24-16(18)21/h2-8H,9H2,1H3,(H,17,20). The molecule has 0 aliphatic carbocycles. The maximum atomic E-state index is 12.3. The van der Waals surface area contributed by atoms with Crippen LogP contribution in [0.2, 0.25) is 0 Å². The monoisotopic (exact) mass is 343 g/mol. The van der Waals surface area contributed by atoms with E-state index in [9.17, 15) is 19.7 Å². The number of nitro groups is 1. The van der Waals surface area contributed by atoms with Gasteiger partial charge in [0.1, 0.15) is 6.54 Å². The van der Waals surface area contributed by atoms with Crippen LogP contribution in [0.3, 0.4) is 0 Å². The van der Waals surface area contributed by atoms with Crippen molar-refractivity contribution in [3.8, 4) is 0 Å². The molecular weight excluding hydrogens is 330 g/mol. The van der Waals surface area contributed by atoms with Crippen LogP contribution in [-0.2, 0) is 11.3 Å². The fourth-order valence-electron chi connectivity index (χ4n) is 2.36. The second kappa shape index (κ2) is 6.25. The number of para-hydroxylation sites is 1. The quantitative estimate of drug-likeness (QED) is 0.582. The minimum absolute atomic E-state index is 0.103. The molecule has 3 aromatic rings. The van der Waals surface area contributed by atoms with Crippen molar-refractivity contribution in [2.45, 2.75) is 13.5 Å². The molecule has 0 atom stereocenters. The molecule has 0 fully saturated rings. The van der Waals surface area contributed by atoms with Gasteiger partial charge in [-0.25, -0.2) is 0 Å². The van der Waals surface area contributed by atoms with E-state index in [0.717, 1.165) is 16.0 Å². The summed E-state index contributed by atoms with van der Waals surface area (Å²) >= 11 is 1.07. The summed E-state index contributed by atoms with van der Waals surface area (Å²) in [5.74, 6) is -0.413. The lowest BCUT2D eigenvalue weighted by molar-refractivity contribution is -0.384. The van der Waals surface area contributed by atoms with Crippen LogP contribution in [0.1, 0.15) is 5.56 Å². The normalized spacial score (nSPS) is 10.7. The third-order valence-electron chi connectivity index (χ3n) is 3.58. The maximum Gasteiger partial charge on any atom is 0.308 e. The minimum Gasteiger partial charge on any atom is -0.324 e. The summed E-state index contributed by atoms with van der Waals surface area (Å²) in [6, 6.07) is 11.5. The highest BCUT2D eigenvalue weighted by Crippen LogP contribution is 2.22. The number of aromatic nitrogens is 1. The van der Waals surface area contributed by atoms with Crippen molar-refractivity contribution >= 4 is 38.8 Å². The lowest BCUT2D eigenvalue weighted by Gasteiger charge is -2.09. The van der Waals surface area contributed by atoms with Crippen molar-refractivity contribution in [1.82, 2.24) is 4.57 Å². The largest absolute Gasteiger partial charge is 0.324 e. The van der Waals surface area contributed by atoms with Gasteiger partial charge in [0.15, 0.2) is 0 Å². The number of hydrogen-bond donors (Lipinski definition) is 1. The number of thiazole rings is 1. The molecule has 0 unspecified atom stereocenters. The molecule has 1 aromatic heterocycles. The second-order valence-corrected chi connectivity index (χ2v) is 6.22. The third-order valence-corrected chi connectivity index (χ3v) is 4.54. The molecule has 1 amide bonds. The Morgan fingerprint density at radius 1 is 1.29 bits per heavy atom. The zero-order valence-electron chi connectivity index (χ0n) is 12.7. The number of fused-ring (bicyclic) bond motifs is 1. The Bertz CT molecular complexity index is 1010. The molecule has 0 saturated carbocycles. The predicted molar refractivity (Wildman–Crippen MR) is 92.5 cm³/mol. The van der Waals surface area contributed by atoms with E-state index in [1.165, 1.54) is 16.7 Å². The molecule has 2 aromatic carbocycles. The lowest BCUT2D eigenvalue weighted by Crippen LogP contribution is -2.24. The van der Waals surface area contributed by atoms with Crippen LogP contribution < -0.4 is 10.2 Å². The number of non-ortho nitro benzene ring substituents is 1. The molecule has 0 radical (unpaired) electrons. The van der Waals surface area contributed by atoms with Gasteiger partial charge in [-0.1, -0.05) is 29.5 Å². The molecule has 24 heavy (non-hydrogen) atoms. The Hall–Kier alpha value is -3.00. The summed E-state index contributed by atoms with van der Waals surface area (Å²) in [6.45, 7) is 1.59. The summed E-state index contributed by atoms with van der Waals surface area (Å²) in [5.41, 5.74) is 1.66. The van der Waals surface area contributed by atoms with Gasteiger partial charge in [0.05, 0.1) is 20.8 Å². The van der Waals surface area contributed by atoms with E-state index in [-0.39, 0.29) is 17.1 Å². The van der Waals surface area contributed by atoms with Crippen molar-refractivity contribution in [2.75, 3.05) is 5.32 Å². The smallest absolute Gasteiger partial charge is 0.308 e. The van der Waals surface area contributed by atoms with Gasteiger partial charge in [-0.2, -0.15) is 0 Å². The Balaban J connectivity index is 1.86. The summed E-state index contributed by atoms with van der Waals surface area (Å²) in [5, 5.41) is 13.5. The average Bonchev–Trinajstić information content (AvgIpc) is 2.85. The van der Waals surface area contributed by atoms with Gasteiger partial charge < -0.3 is 5.32 Å². The Morgan fingerprint density at radius 2 is 2.04 bits per heavy atom. The molecule has 0 bridgehead atoms. The summed E-state index contributed by atoms with van der Waals surface area (Å²) in [7, 11) is 0. The van der Waals surface area contributed by atoms with Gasteiger partial charge in [0.2, 0.25) is 5.91 Å². The van der Waals surface area contributed by atoms with Gasteiger partial charge >= 0.3 is 4.87 Å². The zero-order valence-corrected chi connectivity index (χ0v) is 13.5. The SMILES string of the molecule is Cc1ccc([N+](=O)[O-])cc1NC(=O)Cn1c(=O)sc2ccccc21. The van der Waals surface area contributed by atoms with Crippen LogP contribution in [0.5, 0.6) is 0 Å². The highest BCUT2D eigenvalue weighted by Gasteiger charge is 2.14. The zero-order chi connectivity index (χ0) is 17.3. The first-order valence-corrected chi connectivity index (χ1v) is 7.90. The van der Waals surface area contributed by atoms with Crippen LogP contribution >= 0.6 is 11.3 Å².